The summed E-state index contributed by atoms with van der Waals surface area (Å²) in [4.78, 5) is 39.7. The van der Waals surface area contributed by atoms with Gasteiger partial charge in [0.1, 0.15) is 43.1 Å². The molecule has 0 spiro atoms. The van der Waals surface area contributed by atoms with E-state index in [9.17, 15) is 19.8 Å². The van der Waals surface area contributed by atoms with Crippen molar-refractivity contribution < 1.29 is 47.8 Å². The van der Waals surface area contributed by atoms with E-state index in [4.69, 9.17) is 29.2 Å². The average molecular weight is 834 g/mol. The summed E-state index contributed by atoms with van der Waals surface area (Å²) in [6.45, 7) is 0.735. The number of benzene rings is 2. The third kappa shape index (κ3) is 11.0. The van der Waals surface area contributed by atoms with Crippen molar-refractivity contribution in [3.05, 3.63) is 78.1 Å². The number of ether oxygens (including phenoxy) is 4. The summed E-state index contributed by atoms with van der Waals surface area (Å²) >= 11 is 2.94. The van der Waals surface area contributed by atoms with Crippen molar-refractivity contribution in [3.8, 4) is 5.88 Å². The number of nitrogen functional groups attached to an aromatic ring is 1. The molecule has 0 aliphatic carbocycles. The second kappa shape index (κ2) is 20.1. The molecule has 0 unspecified atom stereocenters. The number of nitrogens with one attached hydrogen (secondary N) is 2. The van der Waals surface area contributed by atoms with Crippen molar-refractivity contribution in [2.45, 2.75) is 69.1 Å². The molecule has 56 heavy (non-hydrogen) atoms. The van der Waals surface area contributed by atoms with Crippen LogP contribution in [0.25, 0.3) is 11.2 Å². The highest BCUT2D eigenvalue weighted by Crippen LogP contribution is 2.45. The Hall–Kier alpha value is -3.78. The molecule has 2 aromatic carbocycles. The summed E-state index contributed by atoms with van der Waals surface area (Å²) in [7, 11) is -3.04. The lowest BCUT2D eigenvalue weighted by Crippen LogP contribution is -2.46. The van der Waals surface area contributed by atoms with E-state index in [2.05, 4.69) is 25.1 Å². The first-order chi connectivity index (χ1) is 26.9. The van der Waals surface area contributed by atoms with Crippen LogP contribution in [-0.2, 0) is 46.1 Å². The van der Waals surface area contributed by atoms with Crippen molar-refractivity contribution in [1.82, 2.24) is 29.7 Å². The molecule has 1 aliphatic heterocycles. The number of fused-ring (bicyclic) bond motifs is 1. The highest BCUT2D eigenvalue weighted by atomic mass is 32.2. The SMILES string of the molecule is COc1nc(N)nc2c1ncn2[C@@H]1O[C@H](COP(=O)(N[C@@H](CCSC)C(=O)OCc2ccccc2)N[C@@H](CCSC)C(=O)OCc2ccccc2)[C@@H](O)[C@@]1(C)O. The molecule has 0 saturated carbocycles. The van der Waals surface area contributed by atoms with Crippen molar-refractivity contribution >= 4 is 60.2 Å². The Kier molecular flexibility index (Phi) is 15.5. The monoisotopic (exact) mass is 833 g/mol. The number of hydrogen-bond donors (Lipinski definition) is 5. The lowest BCUT2D eigenvalue weighted by Gasteiger charge is -2.29. The summed E-state index contributed by atoms with van der Waals surface area (Å²) in [5.74, 6) is -0.433. The number of imidazole rings is 1. The summed E-state index contributed by atoms with van der Waals surface area (Å²) in [6.07, 6.45) is 1.30. The minimum Gasteiger partial charge on any atom is -0.479 e. The number of aromatic nitrogens is 4. The van der Waals surface area contributed by atoms with Crippen LogP contribution in [0, 0.1) is 0 Å². The van der Waals surface area contributed by atoms with Crippen LogP contribution in [0.3, 0.4) is 0 Å². The lowest BCUT2D eigenvalue weighted by molar-refractivity contribution is -0.147. The molecule has 17 nitrogen and oxygen atoms in total. The topological polar surface area (TPSA) is 231 Å². The Balaban J connectivity index is 1.41. The Bertz CT molecular complexity index is 1870. The number of nitrogens with two attached hydrogens (primary N) is 1. The van der Waals surface area contributed by atoms with Gasteiger partial charge in [-0.3, -0.25) is 18.7 Å². The molecule has 0 radical (unpaired) electrons. The van der Waals surface area contributed by atoms with E-state index in [1.54, 1.807) is 0 Å². The van der Waals surface area contributed by atoms with Gasteiger partial charge in [0.05, 0.1) is 20.0 Å². The molecular weight excluding hydrogens is 786 g/mol. The van der Waals surface area contributed by atoms with Gasteiger partial charge < -0.3 is 39.4 Å². The normalized spacial score (nSPS) is 20.8. The molecule has 3 heterocycles. The summed E-state index contributed by atoms with van der Waals surface area (Å²) in [5, 5.41) is 28.6. The second-order valence-electron chi connectivity index (χ2n) is 13.1. The van der Waals surface area contributed by atoms with Gasteiger partial charge in [0, 0.05) is 0 Å². The molecule has 0 amide bonds. The zero-order valence-electron chi connectivity index (χ0n) is 31.5. The number of aliphatic hydroxyl groups excluding tert-OH is 1. The molecule has 6 N–H and O–H groups in total. The maximum Gasteiger partial charge on any atom is 0.342 e. The number of esters is 2. The van der Waals surface area contributed by atoms with Gasteiger partial charge in [-0.2, -0.15) is 33.5 Å². The Morgan fingerprint density at radius 3 is 2.00 bits per heavy atom. The van der Waals surface area contributed by atoms with Crippen molar-refractivity contribution in [2.75, 3.05) is 43.5 Å². The van der Waals surface area contributed by atoms with Crippen LogP contribution in [-0.4, -0.2) is 109 Å². The van der Waals surface area contributed by atoms with Crippen LogP contribution in [0.15, 0.2) is 67.0 Å². The van der Waals surface area contributed by atoms with Crippen LogP contribution in [0.5, 0.6) is 5.88 Å². The first-order valence-electron chi connectivity index (χ1n) is 17.7. The summed E-state index contributed by atoms with van der Waals surface area (Å²) in [5.41, 5.74) is 5.85. The van der Waals surface area contributed by atoms with E-state index < -0.39 is 62.3 Å². The standard InChI is InChI=1S/C36H48N7O10PS2/c1-36(47)29(44)27(53-34(36)43-22-38-28-30(43)39-35(37)40-31(28)49-2)21-52-54(48,41-25(15-17-55-3)32(45)50-19-23-11-7-5-8-12-23)42-26(16-18-56-4)33(46)51-20-24-13-9-6-10-14-24/h5-14,22,25-27,29,34,44,47H,15-21H2,1-4H3,(H2,37,39,40)(H2,41,42,48)/t25-,26-,27+,29+,34+,36+/m0/s1. The van der Waals surface area contributed by atoms with E-state index >= 15 is 4.57 Å². The number of rotatable bonds is 21. The molecular formula is C36H48N7O10PS2. The molecule has 20 heteroatoms. The Labute approximate surface area is 333 Å². The molecule has 4 aromatic rings. The maximum atomic E-state index is 15.0. The number of methoxy groups -OCH3 is 1. The number of anilines is 1. The fourth-order valence-corrected chi connectivity index (χ4v) is 8.71. The molecule has 0 bridgehead atoms. The van der Waals surface area contributed by atoms with Crippen LogP contribution in [0.2, 0.25) is 0 Å². The van der Waals surface area contributed by atoms with Gasteiger partial charge in [-0.15, -0.1) is 0 Å². The quantitative estimate of drug-likeness (QED) is 0.0598. The van der Waals surface area contributed by atoms with Gasteiger partial charge in [-0.1, -0.05) is 60.7 Å². The van der Waals surface area contributed by atoms with Crippen molar-refractivity contribution in [2.24, 2.45) is 0 Å². The zero-order valence-corrected chi connectivity index (χ0v) is 34.0. The van der Waals surface area contributed by atoms with Gasteiger partial charge >= 0.3 is 19.6 Å². The molecule has 304 valence electrons. The van der Waals surface area contributed by atoms with E-state index in [1.165, 1.54) is 48.5 Å². The van der Waals surface area contributed by atoms with E-state index in [1.807, 2.05) is 73.2 Å². The number of carbonyl (C=O) groups is 2. The number of hydrogen-bond acceptors (Lipinski definition) is 16. The van der Waals surface area contributed by atoms with E-state index in [0.717, 1.165) is 11.1 Å². The highest BCUT2D eigenvalue weighted by molar-refractivity contribution is 7.98. The maximum absolute atomic E-state index is 15.0. The van der Waals surface area contributed by atoms with Crippen molar-refractivity contribution in [1.29, 1.82) is 0 Å². The fourth-order valence-electron chi connectivity index (χ4n) is 5.90. The van der Waals surface area contributed by atoms with Crippen LogP contribution in [0.4, 0.5) is 5.95 Å². The van der Waals surface area contributed by atoms with Gasteiger partial charge in [-0.05, 0) is 54.9 Å². The minimum absolute atomic E-state index is 0.0260. The third-order valence-corrected chi connectivity index (χ3v) is 12.0. The summed E-state index contributed by atoms with van der Waals surface area (Å²) in [6, 6.07) is 15.9. The second-order valence-corrected chi connectivity index (χ2v) is 16.9. The Morgan fingerprint density at radius 1 is 0.964 bits per heavy atom. The molecule has 6 atom stereocenters. The molecule has 2 aromatic heterocycles. The van der Waals surface area contributed by atoms with Gasteiger partial charge in [0.2, 0.25) is 11.8 Å². The fraction of sp³-hybridized carbons (Fsp3) is 0.472. The van der Waals surface area contributed by atoms with Crippen LogP contribution in [0.1, 0.15) is 37.1 Å². The lowest BCUT2D eigenvalue weighted by atomic mass is 9.96. The summed E-state index contributed by atoms with van der Waals surface area (Å²) < 4.78 is 45.1. The first-order valence-corrected chi connectivity index (χ1v) is 22.1. The van der Waals surface area contributed by atoms with Crippen LogP contribution >= 0.6 is 31.2 Å². The number of nitrogens with zero attached hydrogens (tertiary/aromatic N) is 4. The van der Waals surface area contributed by atoms with Gasteiger partial charge in [-0.25, -0.2) is 15.2 Å². The zero-order chi connectivity index (χ0) is 40.3. The molecule has 5 rings (SSSR count). The van der Waals surface area contributed by atoms with E-state index in [-0.39, 0.29) is 49.0 Å². The van der Waals surface area contributed by atoms with Gasteiger partial charge in [0.25, 0.3) is 0 Å². The molecule has 1 saturated heterocycles. The number of thioether (sulfide) groups is 2. The van der Waals surface area contributed by atoms with E-state index in [0.29, 0.717) is 11.5 Å². The Morgan fingerprint density at radius 2 is 1.50 bits per heavy atom. The van der Waals surface area contributed by atoms with Gasteiger partial charge in [0.15, 0.2) is 17.4 Å². The predicted octanol–water partition coefficient (Wildman–Crippen LogP) is 3.46. The highest BCUT2D eigenvalue weighted by Gasteiger charge is 2.54. The van der Waals surface area contributed by atoms with Crippen LogP contribution < -0.4 is 20.6 Å². The number of aliphatic hydroxyl groups is 2. The average Bonchev–Trinajstić information content (AvgIpc) is 3.71. The third-order valence-electron chi connectivity index (χ3n) is 8.92. The van der Waals surface area contributed by atoms with Crippen molar-refractivity contribution in [3.63, 3.8) is 0 Å². The minimum atomic E-state index is -4.43. The predicted molar refractivity (Wildman–Crippen MR) is 213 cm³/mol. The molecule has 1 fully saturated rings. The largest absolute Gasteiger partial charge is 0.479 e. The number of carbonyl (C=O) groups excluding carboxylic acids is 2. The smallest absolute Gasteiger partial charge is 0.342 e. The first kappa shape index (κ1) is 43.3. The molecule has 1 aliphatic rings.